The highest BCUT2D eigenvalue weighted by Gasteiger charge is 2.19. The fourth-order valence-corrected chi connectivity index (χ4v) is 3.29. The second-order valence-corrected chi connectivity index (χ2v) is 7.21. The van der Waals surface area contributed by atoms with Gasteiger partial charge in [0.1, 0.15) is 11.6 Å². The lowest BCUT2D eigenvalue weighted by molar-refractivity contribution is -0.122. The molecule has 7 heteroatoms. The van der Waals surface area contributed by atoms with Crippen molar-refractivity contribution in [2.24, 2.45) is 0 Å². The number of aromatic nitrogens is 2. The summed E-state index contributed by atoms with van der Waals surface area (Å²) < 4.78 is 13.0. The second-order valence-electron chi connectivity index (χ2n) is 7.21. The van der Waals surface area contributed by atoms with Crippen LogP contribution in [0, 0.1) is 12.7 Å². The van der Waals surface area contributed by atoms with Crippen molar-refractivity contribution in [3.05, 3.63) is 53.4 Å². The number of piperazine rings is 1. The molecule has 0 saturated carbocycles. The standard InChI is InChI=1S/C20H28FN5O/c1-15-13-23-19(24-15)16(2)20(27)22-7-8-25-9-11-26(12-10-25)14-17-3-5-18(21)6-4-17/h3-6,13,16H,7-12,14H2,1-2H3,(H,22,27)(H,23,24). The molecule has 1 amide bonds. The number of rotatable bonds is 7. The lowest BCUT2D eigenvalue weighted by atomic mass is 10.1. The van der Waals surface area contributed by atoms with Gasteiger partial charge in [0.15, 0.2) is 0 Å². The highest BCUT2D eigenvalue weighted by molar-refractivity contribution is 5.82. The van der Waals surface area contributed by atoms with Gasteiger partial charge in [0.2, 0.25) is 5.91 Å². The number of carbonyl (C=O) groups excluding carboxylic acids is 1. The molecule has 0 radical (unpaired) electrons. The van der Waals surface area contributed by atoms with E-state index in [1.165, 1.54) is 12.1 Å². The van der Waals surface area contributed by atoms with Crippen molar-refractivity contribution in [3.8, 4) is 0 Å². The summed E-state index contributed by atoms with van der Waals surface area (Å²) in [5.74, 6) is 0.243. The SMILES string of the molecule is Cc1cnc(C(C)C(=O)NCCN2CCN(Cc3ccc(F)cc3)CC2)[nH]1. The van der Waals surface area contributed by atoms with E-state index in [1.54, 1.807) is 6.20 Å². The maximum absolute atomic E-state index is 13.0. The number of aryl methyl sites for hydroxylation is 1. The van der Waals surface area contributed by atoms with Gasteiger partial charge >= 0.3 is 0 Å². The first-order chi connectivity index (χ1) is 13.0. The zero-order valence-corrected chi connectivity index (χ0v) is 16.0. The first kappa shape index (κ1) is 19.5. The van der Waals surface area contributed by atoms with E-state index in [4.69, 9.17) is 0 Å². The van der Waals surface area contributed by atoms with Crippen molar-refractivity contribution in [2.75, 3.05) is 39.3 Å². The number of nitrogens with zero attached hydrogens (tertiary/aromatic N) is 3. The van der Waals surface area contributed by atoms with Crippen LogP contribution in [0.5, 0.6) is 0 Å². The van der Waals surface area contributed by atoms with Crippen LogP contribution in [0.4, 0.5) is 4.39 Å². The third kappa shape index (κ3) is 5.61. The Morgan fingerprint density at radius 3 is 2.52 bits per heavy atom. The van der Waals surface area contributed by atoms with Gasteiger partial charge in [0, 0.05) is 57.7 Å². The molecule has 2 heterocycles. The van der Waals surface area contributed by atoms with Crippen LogP contribution in [0.25, 0.3) is 0 Å². The van der Waals surface area contributed by atoms with Gasteiger partial charge in [-0.1, -0.05) is 12.1 Å². The summed E-state index contributed by atoms with van der Waals surface area (Å²) in [6, 6.07) is 6.72. The van der Waals surface area contributed by atoms with E-state index in [2.05, 4.69) is 25.1 Å². The van der Waals surface area contributed by atoms with Crippen LogP contribution in [0.2, 0.25) is 0 Å². The average Bonchev–Trinajstić information content (AvgIpc) is 3.10. The predicted octanol–water partition coefficient (Wildman–Crippen LogP) is 1.89. The Labute approximate surface area is 159 Å². The minimum absolute atomic E-state index is 0.000652. The van der Waals surface area contributed by atoms with Gasteiger partial charge in [0.05, 0.1) is 5.92 Å². The third-order valence-electron chi connectivity index (χ3n) is 5.04. The Bertz CT molecular complexity index is 737. The molecule has 1 atom stereocenters. The number of hydrogen-bond acceptors (Lipinski definition) is 4. The Morgan fingerprint density at radius 2 is 1.89 bits per heavy atom. The molecule has 2 N–H and O–H groups in total. The average molecular weight is 373 g/mol. The van der Waals surface area contributed by atoms with Gasteiger partial charge < -0.3 is 10.3 Å². The maximum atomic E-state index is 13.0. The summed E-state index contributed by atoms with van der Waals surface area (Å²) in [5, 5.41) is 3.00. The molecule has 27 heavy (non-hydrogen) atoms. The minimum Gasteiger partial charge on any atom is -0.354 e. The second kappa shape index (κ2) is 9.10. The molecule has 3 rings (SSSR count). The number of benzene rings is 1. The molecule has 1 aromatic heterocycles. The summed E-state index contributed by atoms with van der Waals surface area (Å²) in [5.41, 5.74) is 2.10. The Balaban J connectivity index is 1.34. The van der Waals surface area contributed by atoms with Crippen molar-refractivity contribution in [1.82, 2.24) is 25.1 Å². The maximum Gasteiger partial charge on any atom is 0.230 e. The van der Waals surface area contributed by atoms with Crippen LogP contribution in [0.1, 0.15) is 29.9 Å². The number of hydrogen-bond donors (Lipinski definition) is 2. The molecule has 1 aromatic carbocycles. The molecule has 2 aromatic rings. The first-order valence-electron chi connectivity index (χ1n) is 9.49. The van der Waals surface area contributed by atoms with Crippen LogP contribution >= 0.6 is 0 Å². The molecular formula is C20H28FN5O. The molecule has 6 nitrogen and oxygen atoms in total. The predicted molar refractivity (Wildman–Crippen MR) is 103 cm³/mol. The zero-order chi connectivity index (χ0) is 19.2. The topological polar surface area (TPSA) is 64.3 Å². The first-order valence-corrected chi connectivity index (χ1v) is 9.49. The van der Waals surface area contributed by atoms with Gasteiger partial charge in [-0.05, 0) is 31.5 Å². The molecular weight excluding hydrogens is 345 g/mol. The number of imidazole rings is 1. The third-order valence-corrected chi connectivity index (χ3v) is 5.04. The summed E-state index contributed by atoms with van der Waals surface area (Å²) in [4.78, 5) is 24.3. The zero-order valence-electron chi connectivity index (χ0n) is 16.0. The lowest BCUT2D eigenvalue weighted by Crippen LogP contribution is -2.48. The molecule has 1 saturated heterocycles. The Hall–Kier alpha value is -2.25. The smallest absolute Gasteiger partial charge is 0.230 e. The van der Waals surface area contributed by atoms with E-state index in [-0.39, 0.29) is 17.6 Å². The largest absolute Gasteiger partial charge is 0.354 e. The van der Waals surface area contributed by atoms with E-state index in [0.717, 1.165) is 50.5 Å². The molecule has 0 aliphatic carbocycles. The van der Waals surface area contributed by atoms with Crippen LogP contribution in [0.15, 0.2) is 30.5 Å². The van der Waals surface area contributed by atoms with Crippen LogP contribution in [-0.2, 0) is 11.3 Å². The molecule has 1 unspecified atom stereocenters. The van der Waals surface area contributed by atoms with E-state index in [1.807, 2.05) is 26.0 Å². The van der Waals surface area contributed by atoms with Crippen LogP contribution in [0.3, 0.4) is 0 Å². The van der Waals surface area contributed by atoms with Gasteiger partial charge in [-0.2, -0.15) is 0 Å². The summed E-state index contributed by atoms with van der Waals surface area (Å²) in [7, 11) is 0. The molecule has 1 aliphatic rings. The molecule has 0 spiro atoms. The number of halogens is 1. The minimum atomic E-state index is -0.272. The Morgan fingerprint density at radius 1 is 1.22 bits per heavy atom. The van der Waals surface area contributed by atoms with Gasteiger partial charge in [0.25, 0.3) is 0 Å². The highest BCUT2D eigenvalue weighted by atomic mass is 19.1. The van der Waals surface area contributed by atoms with Gasteiger partial charge in [-0.15, -0.1) is 0 Å². The fourth-order valence-electron chi connectivity index (χ4n) is 3.29. The number of amides is 1. The number of carbonyl (C=O) groups is 1. The van der Waals surface area contributed by atoms with Crippen molar-refractivity contribution in [3.63, 3.8) is 0 Å². The van der Waals surface area contributed by atoms with E-state index >= 15 is 0 Å². The lowest BCUT2D eigenvalue weighted by Gasteiger charge is -2.34. The number of aromatic amines is 1. The Kier molecular flexibility index (Phi) is 6.58. The quantitative estimate of drug-likeness (QED) is 0.778. The molecule has 1 aliphatic heterocycles. The monoisotopic (exact) mass is 373 g/mol. The van der Waals surface area contributed by atoms with E-state index < -0.39 is 0 Å². The number of H-pyrrole nitrogens is 1. The number of nitrogens with one attached hydrogen (secondary N) is 2. The van der Waals surface area contributed by atoms with Crippen molar-refractivity contribution >= 4 is 5.91 Å². The fraction of sp³-hybridized carbons (Fsp3) is 0.500. The van der Waals surface area contributed by atoms with Gasteiger partial charge in [-0.25, -0.2) is 9.37 Å². The highest BCUT2D eigenvalue weighted by Crippen LogP contribution is 2.11. The van der Waals surface area contributed by atoms with Crippen molar-refractivity contribution < 1.29 is 9.18 Å². The van der Waals surface area contributed by atoms with Crippen LogP contribution in [-0.4, -0.2) is 64.9 Å². The van der Waals surface area contributed by atoms with Crippen molar-refractivity contribution in [1.29, 1.82) is 0 Å². The summed E-state index contributed by atoms with van der Waals surface area (Å²) >= 11 is 0. The molecule has 0 bridgehead atoms. The van der Waals surface area contributed by atoms with Crippen molar-refractivity contribution in [2.45, 2.75) is 26.3 Å². The summed E-state index contributed by atoms with van der Waals surface area (Å²) in [6.07, 6.45) is 1.74. The summed E-state index contributed by atoms with van der Waals surface area (Å²) in [6.45, 7) is 10.0. The van der Waals surface area contributed by atoms with Gasteiger partial charge in [-0.3, -0.25) is 14.6 Å². The molecule has 146 valence electrons. The normalized spacial score (nSPS) is 17.0. The van der Waals surface area contributed by atoms with E-state index in [9.17, 15) is 9.18 Å². The molecule has 1 fully saturated rings. The van der Waals surface area contributed by atoms with E-state index in [0.29, 0.717) is 12.4 Å². The van der Waals surface area contributed by atoms with Crippen LogP contribution < -0.4 is 5.32 Å².